The van der Waals surface area contributed by atoms with E-state index in [1.54, 1.807) is 36.4 Å². The molecule has 8 N–H and O–H groups in total. The molecule has 0 unspecified atom stereocenters. The third kappa shape index (κ3) is 7.94. The number of para-hydroxylation sites is 2. The summed E-state index contributed by atoms with van der Waals surface area (Å²) < 4.78 is 93.1. The van der Waals surface area contributed by atoms with Crippen molar-refractivity contribution in [3.8, 4) is 61.8 Å². The van der Waals surface area contributed by atoms with Gasteiger partial charge in [0.25, 0.3) is 0 Å². The minimum atomic E-state index is -4.66. The summed E-state index contributed by atoms with van der Waals surface area (Å²) in [5, 5.41) is 44.4. The normalized spacial score (nSPS) is 13.1. The van der Waals surface area contributed by atoms with Gasteiger partial charge < -0.3 is 41.2 Å². The minimum absolute atomic E-state index is 0.0205. The maximum Gasteiger partial charge on any atom is 0.416 e. The van der Waals surface area contributed by atoms with Crippen LogP contribution in [0.5, 0.6) is 17.2 Å². The molecule has 0 saturated heterocycles. The quantitative estimate of drug-likeness (QED) is 0.0315. The van der Waals surface area contributed by atoms with Crippen molar-refractivity contribution in [2.75, 3.05) is 6.61 Å². The fraction of sp³-hybridized carbons (Fsp3) is 0.0909. The van der Waals surface area contributed by atoms with Gasteiger partial charge in [-0.2, -0.15) is 26.3 Å². The molecule has 6 aromatic carbocycles. The summed E-state index contributed by atoms with van der Waals surface area (Å²) in [4.78, 5) is 0. The van der Waals surface area contributed by atoms with E-state index in [1.807, 2.05) is 6.07 Å². The lowest BCUT2D eigenvalue weighted by atomic mass is 9.87. The number of aromatic hydroxyl groups is 2. The zero-order valence-electron chi connectivity index (χ0n) is 30.9. The van der Waals surface area contributed by atoms with Gasteiger partial charge >= 0.3 is 12.4 Å². The van der Waals surface area contributed by atoms with Crippen LogP contribution >= 0.6 is 0 Å². The summed E-state index contributed by atoms with van der Waals surface area (Å²) in [7, 11) is 0. The molecule has 1 aliphatic rings. The van der Waals surface area contributed by atoms with Crippen LogP contribution in [0.15, 0.2) is 136 Å². The molecule has 8 rings (SSSR count). The second-order valence-corrected chi connectivity index (χ2v) is 13.5. The van der Waals surface area contributed by atoms with Crippen molar-refractivity contribution in [3.63, 3.8) is 0 Å². The van der Waals surface area contributed by atoms with E-state index < -0.39 is 35.2 Å². The average molecular weight is 827 g/mol. The van der Waals surface area contributed by atoms with Crippen LogP contribution in [0.1, 0.15) is 27.8 Å². The Kier molecular flexibility index (Phi) is 10.8. The van der Waals surface area contributed by atoms with Crippen LogP contribution in [0.3, 0.4) is 0 Å². The Labute approximate surface area is 336 Å². The van der Waals surface area contributed by atoms with Gasteiger partial charge in [-0.25, -0.2) is 0 Å². The number of furan rings is 1. The zero-order chi connectivity index (χ0) is 42.9. The maximum absolute atomic E-state index is 13.6. The fourth-order valence-electron chi connectivity index (χ4n) is 7.04. The standard InChI is InChI=1S/C22H17F3N2O3.C22H15F3N2O3/c2*23-22(24,25)14-10-17(12-4-6-15(28)7-5-12)19(18(11-14)21(26)27-29)16-3-1-2-13-8-9-30-20(13)16/h1-7,10-11,28-29H,8-9H2,(H2,26,27);1-11,28-29H,(H2,26,27). The molecule has 0 spiro atoms. The molecule has 306 valence electrons. The SMILES string of the molecule is NC(=NO)c1cc(C(F)(F)F)cc(-c2ccc(O)cc2)c1-c1cccc2c1OCC2.NC(=NO)c1cc(C(F)(F)F)cc(-c2ccc(O)cc2)c1-c1cccc2ccoc12. The van der Waals surface area contributed by atoms with E-state index in [0.29, 0.717) is 57.7 Å². The zero-order valence-corrected chi connectivity index (χ0v) is 30.9. The highest BCUT2D eigenvalue weighted by Gasteiger charge is 2.35. The summed E-state index contributed by atoms with van der Waals surface area (Å²) in [5.74, 6) is -0.416. The molecule has 0 saturated carbocycles. The molecule has 0 aliphatic carbocycles. The molecule has 16 heteroatoms. The molecule has 0 radical (unpaired) electrons. The number of rotatable bonds is 6. The number of oxime groups is 2. The number of hydrogen-bond donors (Lipinski definition) is 6. The van der Waals surface area contributed by atoms with Crippen LogP contribution in [-0.2, 0) is 18.8 Å². The third-order valence-electron chi connectivity index (χ3n) is 9.79. The van der Waals surface area contributed by atoms with Gasteiger partial charge in [0.2, 0.25) is 0 Å². The van der Waals surface area contributed by atoms with E-state index in [2.05, 4.69) is 10.3 Å². The molecular weight excluding hydrogens is 794 g/mol. The molecular formula is C44H32F6N4O6. The van der Waals surface area contributed by atoms with E-state index in [1.165, 1.54) is 54.8 Å². The van der Waals surface area contributed by atoms with Gasteiger partial charge in [0.05, 0.1) is 24.0 Å². The van der Waals surface area contributed by atoms with E-state index in [9.17, 15) is 47.0 Å². The molecule has 1 aliphatic heterocycles. The van der Waals surface area contributed by atoms with Crippen molar-refractivity contribution in [2.45, 2.75) is 18.8 Å². The lowest BCUT2D eigenvalue weighted by Crippen LogP contribution is -2.17. The van der Waals surface area contributed by atoms with E-state index in [4.69, 9.17) is 20.6 Å². The molecule has 7 aromatic rings. The minimum Gasteiger partial charge on any atom is -0.508 e. The highest BCUT2D eigenvalue weighted by atomic mass is 19.4. The Morgan fingerprint density at radius 2 is 1.07 bits per heavy atom. The number of hydrogen-bond acceptors (Lipinski definition) is 8. The molecule has 10 nitrogen and oxygen atoms in total. The number of amidine groups is 2. The van der Waals surface area contributed by atoms with Gasteiger partial charge in [-0.15, -0.1) is 0 Å². The predicted octanol–water partition coefficient (Wildman–Crippen LogP) is 10.4. The highest BCUT2D eigenvalue weighted by Crippen LogP contribution is 2.46. The van der Waals surface area contributed by atoms with Crippen molar-refractivity contribution >= 4 is 22.6 Å². The van der Waals surface area contributed by atoms with Gasteiger partial charge in [-0.3, -0.25) is 0 Å². The van der Waals surface area contributed by atoms with Crippen molar-refractivity contribution < 1.29 is 56.1 Å². The van der Waals surface area contributed by atoms with Gasteiger partial charge in [0.15, 0.2) is 11.7 Å². The number of alkyl halides is 6. The first kappa shape index (κ1) is 40.6. The molecule has 0 bridgehead atoms. The molecule has 0 amide bonds. The fourth-order valence-corrected chi connectivity index (χ4v) is 7.04. The largest absolute Gasteiger partial charge is 0.508 e. The lowest BCUT2D eigenvalue weighted by molar-refractivity contribution is -0.138. The van der Waals surface area contributed by atoms with Gasteiger partial charge in [0.1, 0.15) is 22.8 Å². The van der Waals surface area contributed by atoms with Crippen LogP contribution in [0.2, 0.25) is 0 Å². The first-order valence-corrected chi connectivity index (χ1v) is 17.9. The second-order valence-electron chi connectivity index (χ2n) is 13.5. The van der Waals surface area contributed by atoms with E-state index in [0.717, 1.165) is 35.2 Å². The number of halogens is 6. The Balaban J connectivity index is 0.000000181. The smallest absolute Gasteiger partial charge is 0.416 e. The van der Waals surface area contributed by atoms with Gasteiger partial charge in [-0.05, 0) is 82.4 Å². The van der Waals surface area contributed by atoms with Crippen molar-refractivity contribution in [2.24, 2.45) is 21.8 Å². The van der Waals surface area contributed by atoms with Crippen molar-refractivity contribution in [1.82, 2.24) is 0 Å². The van der Waals surface area contributed by atoms with Crippen LogP contribution in [0, 0.1) is 0 Å². The van der Waals surface area contributed by atoms with Crippen molar-refractivity contribution in [1.29, 1.82) is 0 Å². The van der Waals surface area contributed by atoms with Crippen LogP contribution in [0.25, 0.3) is 55.5 Å². The number of phenolic OH excluding ortho intramolecular Hbond substituents is 2. The van der Waals surface area contributed by atoms with Crippen LogP contribution in [0.4, 0.5) is 26.3 Å². The number of phenols is 2. The Hall–Kier alpha value is -7.62. The monoisotopic (exact) mass is 826 g/mol. The summed E-state index contributed by atoms with van der Waals surface area (Å²) in [6.07, 6.45) is -7.16. The summed E-state index contributed by atoms with van der Waals surface area (Å²) in [5.41, 5.74) is 13.8. The van der Waals surface area contributed by atoms with Crippen LogP contribution < -0.4 is 16.2 Å². The van der Waals surface area contributed by atoms with Gasteiger partial charge in [-0.1, -0.05) is 71.0 Å². The first-order valence-electron chi connectivity index (χ1n) is 17.9. The molecule has 0 atom stereocenters. The highest BCUT2D eigenvalue weighted by molar-refractivity contribution is 6.10. The summed E-state index contributed by atoms with van der Waals surface area (Å²) in [6.45, 7) is 0.459. The Morgan fingerprint density at radius 1 is 0.583 bits per heavy atom. The molecule has 60 heavy (non-hydrogen) atoms. The molecule has 1 aromatic heterocycles. The molecule has 2 heterocycles. The molecule has 0 fully saturated rings. The number of ether oxygens (including phenoxy) is 1. The first-order chi connectivity index (χ1) is 28.6. The summed E-state index contributed by atoms with van der Waals surface area (Å²) in [6, 6.07) is 27.6. The summed E-state index contributed by atoms with van der Waals surface area (Å²) >= 11 is 0. The second kappa shape index (κ2) is 16.0. The Morgan fingerprint density at radius 3 is 1.57 bits per heavy atom. The topological polar surface area (TPSA) is 180 Å². The van der Waals surface area contributed by atoms with Crippen LogP contribution in [-0.4, -0.2) is 38.9 Å². The number of fused-ring (bicyclic) bond motifs is 2. The average Bonchev–Trinajstić information content (AvgIpc) is 3.93. The predicted molar refractivity (Wildman–Crippen MR) is 212 cm³/mol. The lowest BCUT2D eigenvalue weighted by Gasteiger charge is -2.20. The number of nitrogens with zero attached hydrogens (tertiary/aromatic N) is 2. The van der Waals surface area contributed by atoms with Gasteiger partial charge in [0, 0.05) is 45.2 Å². The third-order valence-corrected chi connectivity index (χ3v) is 9.79. The van der Waals surface area contributed by atoms with Crippen molar-refractivity contribution in [3.05, 3.63) is 149 Å². The maximum atomic E-state index is 13.6. The number of nitrogens with two attached hydrogens (primary N) is 2. The van der Waals surface area contributed by atoms with E-state index in [-0.39, 0.29) is 33.8 Å². The number of benzene rings is 6. The van der Waals surface area contributed by atoms with E-state index >= 15 is 0 Å². The Bertz CT molecular complexity index is 2780.